The van der Waals surface area contributed by atoms with Crippen LogP contribution in [0.2, 0.25) is 10.0 Å². The molecule has 0 bridgehead atoms. The molecule has 0 saturated heterocycles. The Hall–Kier alpha value is -3.48. The van der Waals surface area contributed by atoms with E-state index < -0.39 is 0 Å². The van der Waals surface area contributed by atoms with Gasteiger partial charge in [-0.2, -0.15) is 5.10 Å². The predicted molar refractivity (Wildman–Crippen MR) is 142 cm³/mol. The smallest absolute Gasteiger partial charge is 0.244 e. The molecule has 1 aliphatic rings. The first-order valence-corrected chi connectivity index (χ1v) is 11.8. The summed E-state index contributed by atoms with van der Waals surface area (Å²) < 4.78 is 10.4. The van der Waals surface area contributed by atoms with Crippen molar-refractivity contribution in [3.05, 3.63) is 94.0 Å². The topological polar surface area (TPSA) is 63.2 Å². The Bertz CT molecular complexity index is 1240. The van der Waals surface area contributed by atoms with Crippen LogP contribution >= 0.6 is 23.2 Å². The van der Waals surface area contributed by atoms with Crippen molar-refractivity contribution in [2.45, 2.75) is 12.5 Å². The van der Waals surface area contributed by atoms with Crippen LogP contribution in [0.4, 0.5) is 5.69 Å². The van der Waals surface area contributed by atoms with Gasteiger partial charge in [0.05, 0.1) is 43.2 Å². The van der Waals surface area contributed by atoms with Gasteiger partial charge in [-0.25, -0.2) is 0 Å². The Labute approximate surface area is 214 Å². The number of anilines is 1. The fraction of sp³-hybridized carbons (Fsp3) is 0.185. The van der Waals surface area contributed by atoms with Gasteiger partial charge in [-0.05, 0) is 59.7 Å². The second-order valence-corrected chi connectivity index (χ2v) is 8.77. The zero-order valence-corrected chi connectivity index (χ0v) is 20.9. The Kier molecular flexibility index (Phi) is 7.95. The highest BCUT2D eigenvalue weighted by Gasteiger charge is 2.30. The number of nitrogens with zero attached hydrogens (tertiary/aromatic N) is 2. The lowest BCUT2D eigenvalue weighted by atomic mass is 10.0. The Morgan fingerprint density at radius 2 is 1.69 bits per heavy atom. The average molecular weight is 510 g/mol. The van der Waals surface area contributed by atoms with Crippen LogP contribution in [-0.4, -0.2) is 32.4 Å². The van der Waals surface area contributed by atoms with Crippen LogP contribution in [0.15, 0.2) is 77.9 Å². The fourth-order valence-electron chi connectivity index (χ4n) is 3.79. The van der Waals surface area contributed by atoms with Gasteiger partial charge in [0.25, 0.3) is 0 Å². The van der Waals surface area contributed by atoms with Gasteiger partial charge in [0.15, 0.2) is 0 Å². The summed E-state index contributed by atoms with van der Waals surface area (Å²) in [5.74, 6) is 1.34. The molecule has 1 N–H and O–H groups in total. The van der Waals surface area contributed by atoms with Crippen LogP contribution in [0.1, 0.15) is 23.6 Å². The van der Waals surface area contributed by atoms with E-state index in [0.29, 0.717) is 23.0 Å². The third kappa shape index (κ3) is 6.15. The Morgan fingerprint density at radius 3 is 2.31 bits per heavy atom. The number of hydrazone groups is 1. The third-order valence-corrected chi connectivity index (χ3v) is 6.18. The molecule has 1 aliphatic heterocycles. The van der Waals surface area contributed by atoms with Crippen LogP contribution in [0.3, 0.4) is 0 Å². The van der Waals surface area contributed by atoms with Crippen molar-refractivity contribution in [2.24, 2.45) is 5.10 Å². The molecule has 0 spiro atoms. The molecule has 35 heavy (non-hydrogen) atoms. The van der Waals surface area contributed by atoms with Crippen LogP contribution in [0.5, 0.6) is 11.5 Å². The molecule has 3 aromatic carbocycles. The molecule has 1 heterocycles. The largest absolute Gasteiger partial charge is 0.497 e. The molecular weight excluding hydrogens is 485 g/mol. The SMILES string of the molecule is COc1ccc(/C=C/C(=O)NCC2=NN(c3ccc(Cl)cc3Cl)C(c3ccc(OC)cc3)C2)cc1. The number of amides is 1. The minimum Gasteiger partial charge on any atom is -0.497 e. The first kappa shape index (κ1) is 24.6. The van der Waals surface area contributed by atoms with E-state index in [1.807, 2.05) is 59.6 Å². The van der Waals surface area contributed by atoms with Crippen LogP contribution < -0.4 is 19.8 Å². The summed E-state index contributed by atoms with van der Waals surface area (Å²) >= 11 is 12.6. The van der Waals surface area contributed by atoms with Gasteiger partial charge in [0.2, 0.25) is 5.91 Å². The van der Waals surface area contributed by atoms with Crippen LogP contribution in [-0.2, 0) is 4.79 Å². The van der Waals surface area contributed by atoms with Crippen molar-refractivity contribution in [2.75, 3.05) is 25.8 Å². The van der Waals surface area contributed by atoms with E-state index in [0.717, 1.165) is 34.0 Å². The fourth-order valence-corrected chi connectivity index (χ4v) is 4.28. The zero-order valence-electron chi connectivity index (χ0n) is 19.4. The second kappa shape index (κ2) is 11.3. The summed E-state index contributed by atoms with van der Waals surface area (Å²) in [5, 5.41) is 10.7. The maximum Gasteiger partial charge on any atom is 0.244 e. The normalized spacial score (nSPS) is 15.3. The van der Waals surface area contributed by atoms with E-state index >= 15 is 0 Å². The van der Waals surface area contributed by atoms with Gasteiger partial charge in [0.1, 0.15) is 11.5 Å². The quantitative estimate of drug-likeness (QED) is 0.370. The highest BCUT2D eigenvalue weighted by atomic mass is 35.5. The number of carbonyl (C=O) groups is 1. The molecule has 0 aromatic heterocycles. The van der Waals surface area contributed by atoms with Crippen molar-refractivity contribution in [1.82, 2.24) is 5.32 Å². The first-order valence-electron chi connectivity index (χ1n) is 11.0. The molecule has 3 aromatic rings. The minimum atomic E-state index is -0.201. The molecule has 8 heteroatoms. The maximum atomic E-state index is 12.4. The van der Waals surface area contributed by atoms with E-state index in [4.69, 9.17) is 37.8 Å². The van der Waals surface area contributed by atoms with E-state index in [9.17, 15) is 4.79 Å². The Morgan fingerprint density at radius 1 is 1.03 bits per heavy atom. The predicted octanol–water partition coefficient (Wildman–Crippen LogP) is 6.15. The summed E-state index contributed by atoms with van der Waals surface area (Å²) in [6.45, 7) is 0.320. The van der Waals surface area contributed by atoms with E-state index in [1.165, 1.54) is 6.08 Å². The van der Waals surface area contributed by atoms with Crippen molar-refractivity contribution in [1.29, 1.82) is 0 Å². The molecule has 180 valence electrons. The van der Waals surface area contributed by atoms with E-state index in [-0.39, 0.29) is 11.9 Å². The summed E-state index contributed by atoms with van der Waals surface area (Å²) in [6.07, 6.45) is 3.89. The number of hydrogen-bond acceptors (Lipinski definition) is 5. The van der Waals surface area contributed by atoms with Gasteiger partial charge >= 0.3 is 0 Å². The zero-order chi connectivity index (χ0) is 24.8. The van der Waals surface area contributed by atoms with Crippen molar-refractivity contribution in [3.8, 4) is 11.5 Å². The summed E-state index contributed by atoms with van der Waals surface area (Å²) in [6, 6.07) is 20.6. The average Bonchev–Trinajstić information content (AvgIpc) is 3.30. The van der Waals surface area contributed by atoms with Crippen molar-refractivity contribution < 1.29 is 14.3 Å². The maximum absolute atomic E-state index is 12.4. The van der Waals surface area contributed by atoms with Gasteiger partial charge in [-0.3, -0.25) is 9.80 Å². The third-order valence-electron chi connectivity index (χ3n) is 5.64. The molecule has 0 saturated carbocycles. The first-order chi connectivity index (χ1) is 17.0. The standard InChI is InChI=1S/C27H25Cl2N3O3/c1-34-22-9-3-18(4-10-22)5-14-27(33)30-17-21-16-26(19-6-11-23(35-2)12-7-19)32(31-21)25-13-8-20(28)15-24(25)29/h3-15,26H,16-17H2,1-2H3,(H,30,33)/b14-5+. The van der Waals surface area contributed by atoms with Gasteiger partial charge < -0.3 is 14.8 Å². The number of rotatable bonds is 8. The number of benzene rings is 3. The highest BCUT2D eigenvalue weighted by molar-refractivity contribution is 6.36. The number of halogens is 2. The molecule has 1 atom stereocenters. The molecule has 4 rings (SSSR count). The summed E-state index contributed by atoms with van der Waals surface area (Å²) in [5.41, 5.74) is 3.55. The molecule has 0 fully saturated rings. The number of ether oxygens (including phenoxy) is 2. The summed E-state index contributed by atoms with van der Waals surface area (Å²) in [4.78, 5) is 12.4. The monoisotopic (exact) mass is 509 g/mol. The molecule has 1 unspecified atom stereocenters. The van der Waals surface area contributed by atoms with Gasteiger partial charge in [-0.15, -0.1) is 0 Å². The van der Waals surface area contributed by atoms with E-state index in [2.05, 4.69) is 5.32 Å². The number of nitrogens with one attached hydrogen (secondary N) is 1. The molecule has 1 amide bonds. The number of carbonyl (C=O) groups excluding carboxylic acids is 1. The van der Waals surface area contributed by atoms with Crippen LogP contribution in [0.25, 0.3) is 6.08 Å². The lowest BCUT2D eigenvalue weighted by molar-refractivity contribution is -0.116. The second-order valence-electron chi connectivity index (χ2n) is 7.92. The molecule has 0 radical (unpaired) electrons. The molecule has 6 nitrogen and oxygen atoms in total. The number of methoxy groups -OCH3 is 2. The summed E-state index contributed by atoms with van der Waals surface area (Å²) in [7, 11) is 3.25. The van der Waals surface area contributed by atoms with Gasteiger partial charge in [-0.1, -0.05) is 47.5 Å². The highest BCUT2D eigenvalue weighted by Crippen LogP contribution is 2.39. The minimum absolute atomic E-state index is 0.0821. The lowest BCUT2D eigenvalue weighted by Gasteiger charge is -2.25. The number of hydrogen-bond donors (Lipinski definition) is 1. The van der Waals surface area contributed by atoms with Gasteiger partial charge in [0, 0.05) is 17.5 Å². The van der Waals surface area contributed by atoms with Crippen molar-refractivity contribution >= 4 is 46.6 Å². The molecule has 0 aliphatic carbocycles. The van der Waals surface area contributed by atoms with E-state index in [1.54, 1.807) is 32.4 Å². The van der Waals surface area contributed by atoms with Crippen LogP contribution in [0, 0.1) is 0 Å². The molecular formula is C27H25Cl2N3O3. The van der Waals surface area contributed by atoms with Crippen molar-refractivity contribution in [3.63, 3.8) is 0 Å². The Balaban J connectivity index is 1.48. The lowest BCUT2D eigenvalue weighted by Crippen LogP contribution is -2.27.